The second-order valence-corrected chi connectivity index (χ2v) is 3.16. The Kier molecular flexibility index (Phi) is 17.1. The maximum absolute atomic E-state index is 11.0. The summed E-state index contributed by atoms with van der Waals surface area (Å²) in [4.78, 5) is 63.9. The third-order valence-electron chi connectivity index (χ3n) is 1.48. The van der Waals surface area contributed by atoms with E-state index in [0.29, 0.717) is 36.5 Å². The first-order valence-electron chi connectivity index (χ1n) is 5.22. The number of carbonyl (C=O) groups is 6. The molecule has 0 amide bonds. The molecule has 0 fully saturated rings. The van der Waals surface area contributed by atoms with E-state index in [1.165, 1.54) is 0 Å². The third-order valence-corrected chi connectivity index (χ3v) is 1.48. The number of hydrogen-bond acceptors (Lipinski definition) is 8. The molecule has 0 rings (SSSR count). The van der Waals surface area contributed by atoms with Crippen LogP contribution >= 0.6 is 0 Å². The van der Waals surface area contributed by atoms with Gasteiger partial charge < -0.3 is 19.7 Å². The van der Waals surface area contributed by atoms with Crippen molar-refractivity contribution in [2.24, 2.45) is 0 Å². The van der Waals surface area contributed by atoms with Crippen LogP contribution in [0.4, 0.5) is 0 Å². The van der Waals surface area contributed by atoms with Gasteiger partial charge in [0.15, 0.2) is 0 Å². The van der Waals surface area contributed by atoms with Gasteiger partial charge in [-0.2, -0.15) is 0 Å². The summed E-state index contributed by atoms with van der Waals surface area (Å²) in [5, 5.41) is 16.4. The minimum absolute atomic E-state index is 0. The number of carbonyl (C=O) groups excluding carboxylic acids is 4. The quantitative estimate of drug-likeness (QED) is 0.227. The number of rotatable bonds is 6. The third kappa shape index (κ3) is 16.8. The average molecular weight is 360 g/mol. The minimum atomic E-state index is -1.43. The first-order valence-corrected chi connectivity index (χ1v) is 5.22. The van der Waals surface area contributed by atoms with E-state index >= 15 is 0 Å². The van der Waals surface area contributed by atoms with Gasteiger partial charge >= 0.3 is 94.9 Å². The van der Waals surface area contributed by atoms with Crippen molar-refractivity contribution in [3.8, 4) is 0 Å². The van der Waals surface area contributed by atoms with E-state index in [0.717, 1.165) is 0 Å². The Morgan fingerprint density at radius 1 is 0.500 bits per heavy atom. The van der Waals surface area contributed by atoms with Crippen LogP contribution in [0.15, 0.2) is 36.5 Å². The topological polar surface area (TPSA) is 161 Å². The van der Waals surface area contributed by atoms with Gasteiger partial charge in [0.05, 0.1) is 0 Å². The van der Waals surface area contributed by atoms with Gasteiger partial charge in [-0.05, 0) is 0 Å². The summed E-state index contributed by atoms with van der Waals surface area (Å²) < 4.78 is 8.07. The zero-order valence-corrected chi connectivity index (χ0v) is 10.6. The number of carboxylic acid groups (broad SMARTS) is 2. The van der Waals surface area contributed by atoms with E-state index in [1.807, 2.05) is 0 Å². The molecule has 0 aliphatic heterocycles. The molecule has 0 bridgehead atoms. The van der Waals surface area contributed by atoms with Crippen molar-refractivity contribution < 1.29 is 48.5 Å². The van der Waals surface area contributed by atoms with Crippen LogP contribution in [0.25, 0.3) is 0 Å². The molecule has 0 radical (unpaired) electrons. The van der Waals surface area contributed by atoms with E-state index in [9.17, 15) is 28.8 Å². The fourth-order valence-corrected chi connectivity index (χ4v) is 0.749. The summed E-state index contributed by atoms with van der Waals surface area (Å²) in [5.41, 5.74) is 0. The molecule has 2 N–H and O–H groups in total. The number of carboxylic acids is 2. The molecule has 0 spiro atoms. The molecule has 0 aromatic carbocycles. The van der Waals surface area contributed by atoms with Crippen molar-refractivity contribution in [1.82, 2.24) is 0 Å². The van der Waals surface area contributed by atoms with E-state index < -0.39 is 35.8 Å². The van der Waals surface area contributed by atoms with Gasteiger partial charge in [-0.15, -0.1) is 0 Å². The van der Waals surface area contributed by atoms with Crippen molar-refractivity contribution in [3.05, 3.63) is 36.5 Å². The summed E-state index contributed by atoms with van der Waals surface area (Å²) in [5.74, 6) is -8.07. The molecule has 0 saturated carbocycles. The van der Waals surface area contributed by atoms with Crippen molar-refractivity contribution in [2.45, 2.75) is 0 Å². The molecular weight excluding hydrogens is 350 g/mol. The molecule has 0 saturated heterocycles. The fraction of sp³-hybridized carbons (Fsp3) is 0. The predicted octanol–water partition coefficient (Wildman–Crippen LogP) is -2.33. The van der Waals surface area contributed by atoms with Crippen LogP contribution in [0.5, 0.6) is 0 Å². The first kappa shape index (κ1) is 27.3. The number of esters is 4. The van der Waals surface area contributed by atoms with Gasteiger partial charge in [0.25, 0.3) is 0 Å². The van der Waals surface area contributed by atoms with Crippen LogP contribution in [-0.2, 0) is 38.2 Å². The zero-order valence-electron chi connectivity index (χ0n) is 10.6. The Morgan fingerprint density at radius 2 is 0.708 bits per heavy atom. The van der Waals surface area contributed by atoms with Crippen LogP contribution < -0.4 is 0 Å². The number of hydrogen-bond donors (Lipinski definition) is 2. The van der Waals surface area contributed by atoms with Crippen molar-refractivity contribution in [1.29, 1.82) is 0 Å². The average Bonchev–Trinajstić information content (AvgIpc) is 2.40. The van der Waals surface area contributed by atoms with Gasteiger partial charge in [-0.1, -0.05) is 0 Å². The molecule has 0 aliphatic rings. The Morgan fingerprint density at radius 3 is 0.917 bits per heavy atom. The summed E-state index contributed by atoms with van der Waals surface area (Å²) in [6.07, 6.45) is 2.69. The van der Waals surface area contributed by atoms with Gasteiger partial charge in [-0.3, -0.25) is 0 Å². The van der Waals surface area contributed by atoms with E-state index in [1.54, 1.807) is 0 Å². The SMILES string of the molecule is O=C(O)/C=C/C(=O)OC(=O)/C=C/C(=O)OC(=O)/C=C/C(=O)O.[NaH].[NaH]. The molecule has 10 nitrogen and oxygen atoms in total. The second kappa shape index (κ2) is 15.0. The maximum atomic E-state index is 11.0. The predicted molar refractivity (Wildman–Crippen MR) is 79.2 cm³/mol. The number of ether oxygens (including phenoxy) is 2. The zero-order chi connectivity index (χ0) is 17.1. The summed E-state index contributed by atoms with van der Waals surface area (Å²) in [6, 6.07) is 0. The van der Waals surface area contributed by atoms with Crippen LogP contribution in [0.2, 0.25) is 0 Å². The summed E-state index contributed by atoms with van der Waals surface area (Å²) in [7, 11) is 0. The number of aliphatic carboxylic acids is 2. The molecule has 120 valence electrons. The standard InChI is InChI=1S/C12H8O10.2Na.2H/c13-7(14)1-3-9(17)21-11(19)5-6-12(20)22-10(18)4-2-8(15)16;;;;/h1-6H,(H,13,14)(H,15,16);;;;/b3-1+,4-2+,6-5+;;;;. The molecule has 0 aliphatic carbocycles. The molecule has 0 heterocycles. The molecule has 0 unspecified atom stereocenters. The van der Waals surface area contributed by atoms with E-state index in [-0.39, 0.29) is 59.1 Å². The molecule has 0 aromatic rings. The second-order valence-electron chi connectivity index (χ2n) is 3.16. The molecule has 0 aromatic heterocycles. The summed E-state index contributed by atoms with van der Waals surface area (Å²) >= 11 is 0. The Bertz CT molecular complexity index is 551. The van der Waals surface area contributed by atoms with Gasteiger partial charge in [0, 0.05) is 36.5 Å². The Labute approximate surface area is 178 Å². The molecule has 24 heavy (non-hydrogen) atoms. The first-order chi connectivity index (χ1) is 10.2. The molecule has 12 heteroatoms. The van der Waals surface area contributed by atoms with Gasteiger partial charge in [0.1, 0.15) is 0 Å². The molecule has 0 atom stereocenters. The Hall–Kier alpha value is -1.56. The normalized spacial score (nSPS) is 9.83. The van der Waals surface area contributed by atoms with Gasteiger partial charge in [0.2, 0.25) is 0 Å². The van der Waals surface area contributed by atoms with Crippen LogP contribution in [0.1, 0.15) is 0 Å². The Balaban J connectivity index is -0.00000220. The van der Waals surface area contributed by atoms with Crippen molar-refractivity contribution >= 4 is 94.9 Å². The van der Waals surface area contributed by atoms with Crippen molar-refractivity contribution in [3.63, 3.8) is 0 Å². The fourth-order valence-electron chi connectivity index (χ4n) is 0.749. The van der Waals surface area contributed by atoms with Crippen LogP contribution in [0.3, 0.4) is 0 Å². The monoisotopic (exact) mass is 360 g/mol. The van der Waals surface area contributed by atoms with Crippen LogP contribution in [-0.4, -0.2) is 105 Å². The summed E-state index contributed by atoms with van der Waals surface area (Å²) in [6.45, 7) is 0. The van der Waals surface area contributed by atoms with E-state index in [4.69, 9.17) is 10.2 Å². The van der Waals surface area contributed by atoms with Gasteiger partial charge in [-0.25, -0.2) is 28.8 Å². The van der Waals surface area contributed by atoms with Crippen molar-refractivity contribution in [2.75, 3.05) is 0 Å². The van der Waals surface area contributed by atoms with E-state index in [2.05, 4.69) is 9.47 Å². The van der Waals surface area contributed by atoms with Crippen LogP contribution in [0, 0.1) is 0 Å². The molecular formula is C12H10Na2O10.